The summed E-state index contributed by atoms with van der Waals surface area (Å²) in [5.74, 6) is 2.11. The topological polar surface area (TPSA) is 49.8 Å². The highest BCUT2D eigenvalue weighted by Crippen LogP contribution is 2.28. The summed E-state index contributed by atoms with van der Waals surface area (Å²) in [6.07, 6.45) is 1.59. The summed E-state index contributed by atoms with van der Waals surface area (Å²) < 4.78 is 0. The Morgan fingerprint density at radius 1 is 1.14 bits per heavy atom. The number of anilines is 2. The molecule has 0 saturated heterocycles. The lowest BCUT2D eigenvalue weighted by Gasteiger charge is -2.17. The summed E-state index contributed by atoms with van der Waals surface area (Å²) in [6, 6.07) is 7.82. The fourth-order valence-corrected chi connectivity index (χ4v) is 2.44. The normalized spacial score (nSPS) is 10.7. The van der Waals surface area contributed by atoms with Gasteiger partial charge in [0.25, 0.3) is 0 Å². The van der Waals surface area contributed by atoms with Crippen LogP contribution in [0, 0.1) is 0 Å². The molecule has 0 amide bonds. The van der Waals surface area contributed by atoms with Crippen LogP contribution in [-0.2, 0) is 6.54 Å². The Morgan fingerprint density at radius 3 is 2.48 bits per heavy atom. The Morgan fingerprint density at radius 2 is 1.86 bits per heavy atom. The highest BCUT2D eigenvalue weighted by Gasteiger charge is 2.14. The van der Waals surface area contributed by atoms with Crippen molar-refractivity contribution in [3.05, 3.63) is 46.7 Å². The zero-order chi connectivity index (χ0) is 15.2. The second-order valence-corrected chi connectivity index (χ2v) is 5.59. The number of benzene rings is 1. The average Bonchev–Trinajstić information content (AvgIpc) is 2.45. The van der Waals surface area contributed by atoms with Gasteiger partial charge in [-0.05, 0) is 30.5 Å². The minimum Gasteiger partial charge on any atom is -0.370 e. The van der Waals surface area contributed by atoms with Crippen molar-refractivity contribution in [3.63, 3.8) is 0 Å². The zero-order valence-electron chi connectivity index (χ0n) is 12.7. The number of halogens is 1. The van der Waals surface area contributed by atoms with Crippen LogP contribution in [0.4, 0.5) is 11.6 Å². The molecule has 2 rings (SSSR count). The molecule has 5 heteroatoms. The Labute approximate surface area is 131 Å². The van der Waals surface area contributed by atoms with Crippen LogP contribution in [0.15, 0.2) is 30.6 Å². The monoisotopic (exact) mass is 304 g/mol. The number of aromatic nitrogens is 2. The van der Waals surface area contributed by atoms with E-state index in [9.17, 15) is 0 Å². The molecule has 0 aliphatic rings. The molecule has 0 aliphatic carbocycles. The van der Waals surface area contributed by atoms with Gasteiger partial charge < -0.3 is 10.6 Å². The molecule has 1 heterocycles. The van der Waals surface area contributed by atoms with Gasteiger partial charge in [-0.15, -0.1) is 0 Å². The summed E-state index contributed by atoms with van der Waals surface area (Å²) in [4.78, 5) is 8.72. The SMILES string of the molecule is CCNc1ncnc(NCc2cccc(Cl)c2)c1C(C)C. The van der Waals surface area contributed by atoms with Crippen LogP contribution in [0.1, 0.15) is 37.8 Å². The van der Waals surface area contributed by atoms with Crippen molar-refractivity contribution >= 4 is 23.2 Å². The summed E-state index contributed by atoms with van der Waals surface area (Å²) >= 11 is 6.01. The first-order valence-electron chi connectivity index (χ1n) is 7.19. The van der Waals surface area contributed by atoms with Gasteiger partial charge in [-0.25, -0.2) is 9.97 Å². The molecule has 2 N–H and O–H groups in total. The van der Waals surface area contributed by atoms with Crippen molar-refractivity contribution < 1.29 is 0 Å². The third-order valence-electron chi connectivity index (χ3n) is 3.15. The Balaban J connectivity index is 2.21. The van der Waals surface area contributed by atoms with Gasteiger partial charge in [0.2, 0.25) is 0 Å². The van der Waals surface area contributed by atoms with Crippen molar-refractivity contribution in [1.82, 2.24) is 9.97 Å². The lowest BCUT2D eigenvalue weighted by atomic mass is 10.0. The lowest BCUT2D eigenvalue weighted by molar-refractivity contribution is 0.844. The maximum atomic E-state index is 6.01. The van der Waals surface area contributed by atoms with Gasteiger partial charge in [0, 0.05) is 23.7 Å². The molecule has 0 fully saturated rings. The van der Waals surface area contributed by atoms with Crippen molar-refractivity contribution in [2.75, 3.05) is 17.2 Å². The number of hydrogen-bond acceptors (Lipinski definition) is 4. The Hall–Kier alpha value is -1.81. The molecule has 0 spiro atoms. The second-order valence-electron chi connectivity index (χ2n) is 5.15. The van der Waals surface area contributed by atoms with E-state index in [1.165, 1.54) is 0 Å². The van der Waals surface area contributed by atoms with Crippen LogP contribution in [0.2, 0.25) is 5.02 Å². The minimum absolute atomic E-state index is 0.335. The molecule has 112 valence electrons. The molecule has 4 nitrogen and oxygen atoms in total. The standard InChI is InChI=1S/C16H21ClN4/c1-4-18-15-14(11(2)3)16(21-10-20-15)19-9-12-6-5-7-13(17)8-12/h5-8,10-11H,4,9H2,1-3H3,(H2,18,19,20,21). The number of hydrogen-bond donors (Lipinski definition) is 2. The van der Waals surface area contributed by atoms with Gasteiger partial charge in [0.15, 0.2) is 0 Å². The third-order valence-corrected chi connectivity index (χ3v) is 3.39. The molecule has 0 unspecified atom stereocenters. The van der Waals surface area contributed by atoms with E-state index in [1.807, 2.05) is 24.3 Å². The first-order valence-corrected chi connectivity index (χ1v) is 7.56. The third kappa shape index (κ3) is 4.08. The maximum Gasteiger partial charge on any atom is 0.135 e. The molecule has 1 aromatic carbocycles. The summed E-state index contributed by atoms with van der Waals surface area (Å²) in [6.45, 7) is 7.87. The van der Waals surface area contributed by atoms with E-state index in [0.29, 0.717) is 12.5 Å². The molecular weight excluding hydrogens is 284 g/mol. The molecule has 1 aromatic heterocycles. The summed E-state index contributed by atoms with van der Waals surface area (Å²) in [5, 5.41) is 7.42. The fourth-order valence-electron chi connectivity index (χ4n) is 2.22. The van der Waals surface area contributed by atoms with Crippen LogP contribution in [0.25, 0.3) is 0 Å². The summed E-state index contributed by atoms with van der Waals surface area (Å²) in [5.41, 5.74) is 2.24. The first kappa shape index (κ1) is 15.6. The van der Waals surface area contributed by atoms with Crippen molar-refractivity contribution in [2.24, 2.45) is 0 Å². The van der Waals surface area contributed by atoms with E-state index in [1.54, 1.807) is 6.33 Å². The van der Waals surface area contributed by atoms with Gasteiger partial charge >= 0.3 is 0 Å². The predicted octanol–water partition coefficient (Wildman–Crippen LogP) is 4.30. The van der Waals surface area contributed by atoms with E-state index in [4.69, 9.17) is 11.6 Å². The molecular formula is C16H21ClN4. The van der Waals surface area contributed by atoms with Gasteiger partial charge in [0.05, 0.1) is 0 Å². The van der Waals surface area contributed by atoms with E-state index >= 15 is 0 Å². The predicted molar refractivity (Wildman–Crippen MR) is 89.1 cm³/mol. The maximum absolute atomic E-state index is 6.01. The molecule has 0 aliphatic heterocycles. The average molecular weight is 305 g/mol. The van der Waals surface area contributed by atoms with E-state index in [2.05, 4.69) is 41.4 Å². The molecule has 21 heavy (non-hydrogen) atoms. The second kappa shape index (κ2) is 7.27. The van der Waals surface area contributed by atoms with Crippen LogP contribution < -0.4 is 10.6 Å². The number of nitrogens with one attached hydrogen (secondary N) is 2. The Bertz CT molecular complexity index is 599. The lowest BCUT2D eigenvalue weighted by Crippen LogP contribution is -2.11. The van der Waals surface area contributed by atoms with Gasteiger partial charge in [-0.1, -0.05) is 37.6 Å². The quantitative estimate of drug-likeness (QED) is 0.835. The van der Waals surface area contributed by atoms with Crippen LogP contribution in [0.3, 0.4) is 0 Å². The van der Waals surface area contributed by atoms with Crippen LogP contribution >= 0.6 is 11.6 Å². The van der Waals surface area contributed by atoms with Crippen molar-refractivity contribution in [2.45, 2.75) is 33.2 Å². The highest BCUT2D eigenvalue weighted by molar-refractivity contribution is 6.30. The van der Waals surface area contributed by atoms with E-state index < -0.39 is 0 Å². The number of nitrogens with zero attached hydrogens (tertiary/aromatic N) is 2. The van der Waals surface area contributed by atoms with E-state index in [-0.39, 0.29) is 0 Å². The molecule has 0 radical (unpaired) electrons. The minimum atomic E-state index is 0.335. The summed E-state index contributed by atoms with van der Waals surface area (Å²) in [7, 11) is 0. The molecule has 0 bridgehead atoms. The Kier molecular flexibility index (Phi) is 5.39. The van der Waals surface area contributed by atoms with Crippen molar-refractivity contribution in [1.29, 1.82) is 0 Å². The fraction of sp³-hybridized carbons (Fsp3) is 0.375. The number of rotatable bonds is 6. The highest BCUT2D eigenvalue weighted by atomic mass is 35.5. The van der Waals surface area contributed by atoms with Crippen molar-refractivity contribution in [3.8, 4) is 0 Å². The molecule has 0 atom stereocenters. The van der Waals surface area contributed by atoms with Crippen LogP contribution in [0.5, 0.6) is 0 Å². The first-order chi connectivity index (χ1) is 10.1. The molecule has 2 aromatic rings. The zero-order valence-corrected chi connectivity index (χ0v) is 13.4. The van der Waals surface area contributed by atoms with Gasteiger partial charge in [0.1, 0.15) is 18.0 Å². The smallest absolute Gasteiger partial charge is 0.135 e. The van der Waals surface area contributed by atoms with E-state index in [0.717, 1.165) is 34.3 Å². The van der Waals surface area contributed by atoms with Gasteiger partial charge in [-0.2, -0.15) is 0 Å². The molecule has 0 saturated carbocycles. The van der Waals surface area contributed by atoms with Gasteiger partial charge in [-0.3, -0.25) is 0 Å². The largest absolute Gasteiger partial charge is 0.370 e. The van der Waals surface area contributed by atoms with Crippen LogP contribution in [-0.4, -0.2) is 16.5 Å².